The standard InChI is InChI=1S/C20H23F2N3O4/c21-14-3-4-16(15(22)11-14)25-12-13(10-18(25)26)19(27)23-5-7-24(8-6-23)20(28)17-2-1-9-29-17/h3-4,11,13,17H,1-2,5-10,12H2. The highest BCUT2D eigenvalue weighted by atomic mass is 19.1. The monoisotopic (exact) mass is 407 g/mol. The van der Waals surface area contributed by atoms with Crippen molar-refractivity contribution >= 4 is 23.4 Å². The van der Waals surface area contributed by atoms with Crippen LogP contribution < -0.4 is 4.90 Å². The molecule has 0 spiro atoms. The molecule has 1 aromatic rings. The largest absolute Gasteiger partial charge is 0.368 e. The van der Waals surface area contributed by atoms with E-state index in [-0.39, 0.29) is 42.5 Å². The molecule has 156 valence electrons. The number of rotatable bonds is 3. The first-order chi connectivity index (χ1) is 13.9. The molecule has 0 N–H and O–H groups in total. The maximum Gasteiger partial charge on any atom is 0.251 e. The molecule has 4 rings (SSSR count). The molecule has 0 bridgehead atoms. The summed E-state index contributed by atoms with van der Waals surface area (Å²) in [5, 5.41) is 0. The van der Waals surface area contributed by atoms with E-state index in [1.807, 2.05) is 0 Å². The third kappa shape index (κ3) is 3.96. The van der Waals surface area contributed by atoms with Crippen molar-refractivity contribution in [3.05, 3.63) is 29.8 Å². The van der Waals surface area contributed by atoms with Crippen LogP contribution in [0.3, 0.4) is 0 Å². The molecule has 3 aliphatic rings. The molecule has 1 aromatic carbocycles. The SMILES string of the molecule is O=C(C1CC(=O)N(c2ccc(F)cc2F)C1)N1CCN(C(=O)C2CCCO2)CC1. The van der Waals surface area contributed by atoms with Gasteiger partial charge >= 0.3 is 0 Å². The van der Waals surface area contributed by atoms with Crippen LogP contribution in [0.5, 0.6) is 0 Å². The number of piperazine rings is 1. The highest BCUT2D eigenvalue weighted by Crippen LogP contribution is 2.29. The van der Waals surface area contributed by atoms with Gasteiger partial charge in [-0.05, 0) is 25.0 Å². The molecular formula is C20H23F2N3O4. The van der Waals surface area contributed by atoms with Crippen LogP contribution in [0.4, 0.5) is 14.5 Å². The minimum absolute atomic E-state index is 0.00922. The average Bonchev–Trinajstić information content (AvgIpc) is 3.37. The summed E-state index contributed by atoms with van der Waals surface area (Å²) in [5.41, 5.74) is -0.0151. The van der Waals surface area contributed by atoms with E-state index < -0.39 is 17.6 Å². The number of hydrogen-bond acceptors (Lipinski definition) is 4. The summed E-state index contributed by atoms with van der Waals surface area (Å²) in [6, 6.07) is 3.03. The lowest BCUT2D eigenvalue weighted by molar-refractivity contribution is -0.147. The van der Waals surface area contributed by atoms with Crippen LogP contribution in [-0.2, 0) is 19.1 Å². The molecule has 7 nitrogen and oxygen atoms in total. The molecule has 0 aromatic heterocycles. The normalized spacial score (nSPS) is 25.0. The molecule has 29 heavy (non-hydrogen) atoms. The molecule has 0 radical (unpaired) electrons. The van der Waals surface area contributed by atoms with E-state index in [9.17, 15) is 23.2 Å². The molecule has 3 heterocycles. The molecule has 3 amide bonds. The second-order valence-electron chi connectivity index (χ2n) is 7.65. The number of anilines is 1. The van der Waals surface area contributed by atoms with Crippen LogP contribution in [0.2, 0.25) is 0 Å². The van der Waals surface area contributed by atoms with Gasteiger partial charge in [-0.3, -0.25) is 14.4 Å². The second kappa shape index (κ2) is 8.06. The van der Waals surface area contributed by atoms with Gasteiger partial charge in [0.05, 0.1) is 11.6 Å². The quantitative estimate of drug-likeness (QED) is 0.754. The first-order valence-electron chi connectivity index (χ1n) is 9.88. The van der Waals surface area contributed by atoms with Gasteiger partial charge in [-0.1, -0.05) is 0 Å². The van der Waals surface area contributed by atoms with E-state index in [1.165, 1.54) is 11.0 Å². The van der Waals surface area contributed by atoms with Crippen molar-refractivity contribution in [3.63, 3.8) is 0 Å². The summed E-state index contributed by atoms with van der Waals surface area (Å²) in [6.07, 6.45) is 1.24. The topological polar surface area (TPSA) is 70.2 Å². The van der Waals surface area contributed by atoms with Crippen LogP contribution in [0.15, 0.2) is 18.2 Å². The average molecular weight is 407 g/mol. The summed E-state index contributed by atoms with van der Waals surface area (Å²) in [6.45, 7) is 2.33. The van der Waals surface area contributed by atoms with Gasteiger partial charge in [-0.25, -0.2) is 8.78 Å². The van der Waals surface area contributed by atoms with Gasteiger partial charge in [0.1, 0.15) is 17.7 Å². The van der Waals surface area contributed by atoms with E-state index >= 15 is 0 Å². The molecule has 9 heteroatoms. The third-order valence-electron chi connectivity index (χ3n) is 5.78. The Morgan fingerprint density at radius 1 is 1.03 bits per heavy atom. The van der Waals surface area contributed by atoms with Crippen molar-refractivity contribution in [2.45, 2.75) is 25.4 Å². The van der Waals surface area contributed by atoms with Crippen LogP contribution in [0, 0.1) is 17.6 Å². The van der Waals surface area contributed by atoms with Crippen LogP contribution >= 0.6 is 0 Å². The molecule has 3 fully saturated rings. The lowest BCUT2D eigenvalue weighted by atomic mass is 10.1. The number of hydrogen-bond donors (Lipinski definition) is 0. The highest BCUT2D eigenvalue weighted by molar-refractivity contribution is 6.00. The molecule has 2 atom stereocenters. The van der Waals surface area contributed by atoms with Gasteiger partial charge in [-0.2, -0.15) is 0 Å². The van der Waals surface area contributed by atoms with Crippen LogP contribution in [-0.4, -0.2) is 73.0 Å². The van der Waals surface area contributed by atoms with Gasteiger partial charge < -0.3 is 19.4 Å². The minimum atomic E-state index is -0.826. The van der Waals surface area contributed by atoms with Crippen molar-refractivity contribution < 1.29 is 27.9 Å². The van der Waals surface area contributed by atoms with Crippen LogP contribution in [0.25, 0.3) is 0 Å². The Hall–Kier alpha value is -2.55. The predicted molar refractivity (Wildman–Crippen MR) is 99.0 cm³/mol. The third-order valence-corrected chi connectivity index (χ3v) is 5.78. The van der Waals surface area contributed by atoms with E-state index in [4.69, 9.17) is 4.74 Å². The van der Waals surface area contributed by atoms with Gasteiger partial charge in [0, 0.05) is 51.8 Å². The van der Waals surface area contributed by atoms with Crippen molar-refractivity contribution in [2.75, 3.05) is 44.2 Å². The molecule has 2 unspecified atom stereocenters. The van der Waals surface area contributed by atoms with Crippen molar-refractivity contribution in [1.29, 1.82) is 0 Å². The van der Waals surface area contributed by atoms with Crippen molar-refractivity contribution in [2.24, 2.45) is 5.92 Å². The van der Waals surface area contributed by atoms with E-state index in [1.54, 1.807) is 9.80 Å². The summed E-state index contributed by atoms with van der Waals surface area (Å²) >= 11 is 0. The Morgan fingerprint density at radius 2 is 1.72 bits per heavy atom. The summed E-state index contributed by atoms with van der Waals surface area (Å²) in [7, 11) is 0. The lowest BCUT2D eigenvalue weighted by Gasteiger charge is -2.36. The lowest BCUT2D eigenvalue weighted by Crippen LogP contribution is -2.54. The first kappa shape index (κ1) is 19.8. The Balaban J connectivity index is 1.34. The van der Waals surface area contributed by atoms with E-state index in [0.717, 1.165) is 25.0 Å². The Labute approximate surface area is 167 Å². The van der Waals surface area contributed by atoms with Crippen molar-refractivity contribution in [1.82, 2.24) is 9.80 Å². The number of halogens is 2. The zero-order valence-corrected chi connectivity index (χ0v) is 16.0. The minimum Gasteiger partial charge on any atom is -0.368 e. The summed E-state index contributed by atoms with van der Waals surface area (Å²) < 4.78 is 32.6. The van der Waals surface area contributed by atoms with Gasteiger partial charge in [0.15, 0.2) is 0 Å². The molecule has 3 aliphatic heterocycles. The summed E-state index contributed by atoms with van der Waals surface area (Å²) in [5.74, 6) is -2.68. The fraction of sp³-hybridized carbons (Fsp3) is 0.550. The van der Waals surface area contributed by atoms with Gasteiger partial charge in [-0.15, -0.1) is 0 Å². The second-order valence-corrected chi connectivity index (χ2v) is 7.65. The van der Waals surface area contributed by atoms with Crippen molar-refractivity contribution in [3.8, 4) is 0 Å². The van der Waals surface area contributed by atoms with E-state index in [2.05, 4.69) is 0 Å². The van der Waals surface area contributed by atoms with E-state index in [0.29, 0.717) is 32.8 Å². The number of amides is 3. The van der Waals surface area contributed by atoms with Gasteiger partial charge in [0.25, 0.3) is 5.91 Å². The molecule has 0 saturated carbocycles. The zero-order chi connectivity index (χ0) is 20.5. The smallest absolute Gasteiger partial charge is 0.251 e. The Kier molecular flexibility index (Phi) is 5.49. The number of nitrogens with zero attached hydrogens (tertiary/aromatic N) is 3. The maximum absolute atomic E-state index is 14.0. The molecule has 0 aliphatic carbocycles. The Bertz CT molecular complexity index is 820. The molecular weight excluding hydrogens is 384 g/mol. The number of ether oxygens (including phenoxy) is 1. The fourth-order valence-electron chi connectivity index (χ4n) is 4.19. The molecule has 3 saturated heterocycles. The fourth-order valence-corrected chi connectivity index (χ4v) is 4.19. The zero-order valence-electron chi connectivity index (χ0n) is 16.0. The number of carbonyl (C=O) groups excluding carboxylic acids is 3. The predicted octanol–water partition coefficient (Wildman–Crippen LogP) is 1.17. The van der Waals surface area contributed by atoms with Crippen LogP contribution in [0.1, 0.15) is 19.3 Å². The summed E-state index contributed by atoms with van der Waals surface area (Å²) in [4.78, 5) is 42.2. The Morgan fingerprint density at radius 3 is 2.34 bits per heavy atom. The number of carbonyl (C=O) groups is 3. The highest BCUT2D eigenvalue weighted by Gasteiger charge is 2.39. The first-order valence-corrected chi connectivity index (χ1v) is 9.88. The maximum atomic E-state index is 14.0. The van der Waals surface area contributed by atoms with Gasteiger partial charge in [0.2, 0.25) is 11.8 Å². The number of benzene rings is 1.